The molecule has 0 aliphatic carbocycles. The van der Waals surface area contributed by atoms with Gasteiger partial charge in [-0.05, 0) is 82.6 Å². The van der Waals surface area contributed by atoms with Crippen molar-refractivity contribution in [1.82, 2.24) is 18.5 Å². The number of fused-ring (bicyclic) bond motifs is 3. The third-order valence-corrected chi connectivity index (χ3v) is 12.8. The Labute approximate surface area is 360 Å². The van der Waals surface area contributed by atoms with Gasteiger partial charge in [0.2, 0.25) is 0 Å². The summed E-state index contributed by atoms with van der Waals surface area (Å²) in [4.78, 5) is 4.89. The van der Waals surface area contributed by atoms with Crippen molar-refractivity contribution in [1.29, 1.82) is 0 Å². The van der Waals surface area contributed by atoms with Gasteiger partial charge in [0.25, 0.3) is 0 Å². The Morgan fingerprint density at radius 1 is 0.623 bits per heavy atom. The molecule has 0 spiro atoms. The summed E-state index contributed by atoms with van der Waals surface area (Å²) in [5, 5.41) is 2.33. The fourth-order valence-electron chi connectivity index (χ4n) is 10.0. The zero-order chi connectivity index (χ0) is 42.4. The summed E-state index contributed by atoms with van der Waals surface area (Å²) < 4.78 is 19.7. The molecule has 0 radical (unpaired) electrons. The summed E-state index contributed by atoms with van der Waals surface area (Å²) in [5.74, 6) is 1.58. The number of para-hydroxylation sites is 3. The number of rotatable bonds is 8. The van der Waals surface area contributed by atoms with E-state index in [9.17, 15) is 1.37 Å². The van der Waals surface area contributed by atoms with Crippen molar-refractivity contribution in [2.24, 2.45) is 0 Å². The molecule has 5 heterocycles. The molecule has 0 saturated carbocycles. The molecule has 12 rings (SSSR count). The molecule has 3 aliphatic rings. The van der Waals surface area contributed by atoms with Crippen molar-refractivity contribution < 1.29 is 6.11 Å². The average molecular weight is 795 g/mol. The normalized spacial score (nSPS) is 18.5. The zero-order valence-electron chi connectivity index (χ0n) is 36.3. The third-order valence-electron chi connectivity index (χ3n) is 12.8. The largest absolute Gasteiger partial charge is 0.457 e. The van der Waals surface area contributed by atoms with Gasteiger partial charge in [-0.15, -0.1) is 0 Å². The molecule has 5 heteroatoms. The molecule has 7 aromatic carbocycles. The van der Waals surface area contributed by atoms with Crippen molar-refractivity contribution in [3.63, 3.8) is 0 Å². The Kier molecular flexibility index (Phi) is 8.22. The van der Waals surface area contributed by atoms with Crippen LogP contribution in [-0.2, 0) is 5.41 Å². The lowest BCUT2D eigenvalue weighted by molar-refractivity contribution is 0.187. The standard InChI is InChI=1S/C56H49N4O/c1-38(2)45-24-16-28-52-55(45)60(54-46(39-17-8-6-9-18-39)25-15-26-47(54)40-19-10-7-11-20-40)36-59(52,37-60)42-21-14-22-43(34-42)61-44-29-30-49-48-23-12-13-27-50(48)58(51(49)35-44)53-33-41(31-32-57-53)56(3,4)5/h6-36,38H,37H2,1-5H3/q+1/t59-,60+/m1/s1/i38D. The van der Waals surface area contributed by atoms with Gasteiger partial charge in [0.05, 0.1) is 17.7 Å². The van der Waals surface area contributed by atoms with E-state index in [1.165, 1.54) is 50.3 Å². The van der Waals surface area contributed by atoms with E-state index in [-0.39, 0.29) is 5.41 Å². The van der Waals surface area contributed by atoms with Crippen LogP contribution < -0.4 is 13.7 Å². The number of ether oxygens (including phenoxy) is 1. The van der Waals surface area contributed by atoms with E-state index in [0.717, 1.165) is 51.7 Å². The number of pyridine rings is 1. The summed E-state index contributed by atoms with van der Waals surface area (Å²) in [5.41, 5.74) is 13.9. The second-order valence-corrected chi connectivity index (χ2v) is 17.9. The molecular formula is C56H49N4O+. The lowest BCUT2D eigenvalue weighted by atomic mass is 9.88. The van der Waals surface area contributed by atoms with Gasteiger partial charge >= 0.3 is 0 Å². The molecule has 9 aromatic rings. The number of hydrogen-bond donors (Lipinski definition) is 0. The van der Waals surface area contributed by atoms with E-state index in [0.29, 0.717) is 8.97 Å². The van der Waals surface area contributed by atoms with Crippen LogP contribution in [0.1, 0.15) is 53.0 Å². The van der Waals surface area contributed by atoms with Crippen LogP contribution in [0.2, 0.25) is 0 Å². The molecule has 61 heavy (non-hydrogen) atoms. The molecule has 2 bridgehead atoms. The minimum Gasteiger partial charge on any atom is -0.457 e. The van der Waals surface area contributed by atoms with Crippen LogP contribution in [0.5, 0.6) is 11.5 Å². The quantitative estimate of drug-likeness (QED) is 0.113. The molecule has 298 valence electrons. The molecular weight excluding hydrogens is 745 g/mol. The third kappa shape index (κ3) is 5.79. The molecule has 5 nitrogen and oxygen atoms in total. The Morgan fingerprint density at radius 3 is 1.97 bits per heavy atom. The topological polar surface area (TPSA) is 27.1 Å². The van der Waals surface area contributed by atoms with Crippen molar-refractivity contribution in [3.05, 3.63) is 200 Å². The van der Waals surface area contributed by atoms with E-state index in [2.05, 4.69) is 208 Å². The highest BCUT2D eigenvalue weighted by Gasteiger charge is 2.65. The number of benzene rings is 7. The van der Waals surface area contributed by atoms with E-state index in [1.54, 1.807) is 0 Å². The molecule has 2 atom stereocenters. The summed E-state index contributed by atoms with van der Waals surface area (Å²) >= 11 is 0. The molecule has 0 unspecified atom stereocenters. The van der Waals surface area contributed by atoms with Crippen molar-refractivity contribution in [2.75, 3.05) is 6.67 Å². The first-order chi connectivity index (χ1) is 29.9. The van der Waals surface area contributed by atoms with Crippen LogP contribution in [0.4, 0.5) is 22.7 Å². The number of quaternary nitrogens is 2. The van der Waals surface area contributed by atoms with Crippen molar-refractivity contribution in [2.45, 2.75) is 45.9 Å². The fourth-order valence-corrected chi connectivity index (χ4v) is 10.0. The van der Waals surface area contributed by atoms with Gasteiger partial charge in [-0.3, -0.25) is 13.5 Å². The maximum absolute atomic E-state index is 9.51. The molecule has 2 aromatic heterocycles. The van der Waals surface area contributed by atoms with Gasteiger partial charge in [0.1, 0.15) is 28.7 Å². The predicted molar refractivity (Wildman–Crippen MR) is 254 cm³/mol. The van der Waals surface area contributed by atoms with Crippen molar-refractivity contribution >= 4 is 44.6 Å². The minimum atomic E-state index is -0.836. The van der Waals surface area contributed by atoms with Crippen LogP contribution in [0.3, 0.4) is 0 Å². The Balaban J connectivity index is 1.04. The molecule has 1 fully saturated rings. The first-order valence-electron chi connectivity index (χ1n) is 21.7. The van der Waals surface area contributed by atoms with Crippen LogP contribution in [0.15, 0.2) is 182 Å². The summed E-state index contributed by atoms with van der Waals surface area (Å²) in [6.45, 7) is 14.0. The van der Waals surface area contributed by atoms with Crippen LogP contribution >= 0.6 is 0 Å². The Hall–Kier alpha value is -6.79. The maximum atomic E-state index is 9.51. The summed E-state index contributed by atoms with van der Waals surface area (Å²) in [6.07, 6.45) is 1.92. The van der Waals surface area contributed by atoms with Crippen LogP contribution in [0.25, 0.3) is 49.9 Å². The molecule has 0 N–H and O–H groups in total. The van der Waals surface area contributed by atoms with Gasteiger partial charge in [0, 0.05) is 53.2 Å². The van der Waals surface area contributed by atoms with Gasteiger partial charge in [-0.1, -0.05) is 138 Å². The van der Waals surface area contributed by atoms with Crippen molar-refractivity contribution in [3.8, 4) is 39.6 Å². The average Bonchev–Trinajstić information content (AvgIpc) is 3.87. The Bertz CT molecular complexity index is 3130. The number of aromatic nitrogens is 2. The Morgan fingerprint density at radius 2 is 1.26 bits per heavy atom. The van der Waals surface area contributed by atoms with Gasteiger partial charge in [0.15, 0.2) is 18.0 Å². The lowest BCUT2D eigenvalue weighted by Gasteiger charge is -2.57. The highest BCUT2D eigenvalue weighted by Crippen LogP contribution is 2.69. The lowest BCUT2D eigenvalue weighted by Crippen LogP contribution is -2.67. The summed E-state index contributed by atoms with van der Waals surface area (Å²) in [6, 6.07) is 62.6. The first kappa shape index (κ1) is 36.1. The summed E-state index contributed by atoms with van der Waals surface area (Å²) in [7, 11) is 0. The predicted octanol–water partition coefficient (Wildman–Crippen LogP) is 15.1. The molecule has 1 saturated heterocycles. The second-order valence-electron chi connectivity index (χ2n) is 17.9. The maximum Gasteiger partial charge on any atom is 0.186 e. The monoisotopic (exact) mass is 794 g/mol. The van der Waals surface area contributed by atoms with E-state index in [1.807, 2.05) is 20.0 Å². The minimum absolute atomic E-state index is 0.0154. The number of hydrogen-bond acceptors (Lipinski definition) is 2. The van der Waals surface area contributed by atoms with Gasteiger partial charge < -0.3 is 4.74 Å². The smallest absolute Gasteiger partial charge is 0.186 e. The van der Waals surface area contributed by atoms with Gasteiger partial charge in [-0.25, -0.2) is 4.98 Å². The number of nitrogens with zero attached hydrogens (tertiary/aromatic N) is 4. The highest BCUT2D eigenvalue weighted by molar-refractivity contribution is 6.09. The fraction of sp³-hybridized carbons (Fsp3) is 0.143. The SMILES string of the molecule is [2H]C(C)(C)c1cccc2c1[N@@+]1(c3c(-c4ccccc4)cccc3-c3ccccc3)[CH-][N@+]2(c2cccc(Oc3ccc4c5ccccc5n(-c5cc(C(C)(C)C)ccn5)c4c3)c2)C1. The molecule has 3 aliphatic heterocycles. The second kappa shape index (κ2) is 13.9. The molecule has 0 amide bonds. The first-order valence-corrected chi connectivity index (χ1v) is 21.2. The highest BCUT2D eigenvalue weighted by atomic mass is 16.5. The van der Waals surface area contributed by atoms with E-state index in [4.69, 9.17) is 9.72 Å². The van der Waals surface area contributed by atoms with E-state index < -0.39 is 5.89 Å². The zero-order valence-corrected chi connectivity index (χ0v) is 35.3. The van der Waals surface area contributed by atoms with E-state index >= 15 is 0 Å². The van der Waals surface area contributed by atoms with Crippen LogP contribution in [-0.4, -0.2) is 16.2 Å². The van der Waals surface area contributed by atoms with Crippen LogP contribution in [0, 0.1) is 6.67 Å². The van der Waals surface area contributed by atoms with Gasteiger partial charge in [-0.2, -0.15) is 0 Å².